The van der Waals surface area contributed by atoms with Crippen molar-refractivity contribution in [3.05, 3.63) is 65.6 Å². The number of carbonyl (C=O) groups is 1. The van der Waals surface area contributed by atoms with Crippen LogP contribution < -0.4 is 4.90 Å². The monoisotopic (exact) mass is 503 g/mol. The topological polar surface area (TPSA) is 85.0 Å². The van der Waals surface area contributed by atoms with E-state index in [1.807, 2.05) is 4.90 Å². The molecule has 1 aliphatic rings. The average molecular weight is 503 g/mol. The van der Waals surface area contributed by atoms with E-state index in [2.05, 4.69) is 20.1 Å². The van der Waals surface area contributed by atoms with Crippen LogP contribution in [0.15, 0.2) is 41.2 Å². The van der Waals surface area contributed by atoms with Gasteiger partial charge in [0.25, 0.3) is 0 Å². The molecule has 1 aliphatic heterocycles. The van der Waals surface area contributed by atoms with Gasteiger partial charge in [-0.15, -0.1) is 0 Å². The van der Waals surface area contributed by atoms with E-state index in [0.29, 0.717) is 60.1 Å². The minimum absolute atomic E-state index is 0.107. The molecule has 0 N–H and O–H groups in total. The fourth-order valence-electron chi connectivity index (χ4n) is 4.40. The van der Waals surface area contributed by atoms with E-state index >= 15 is 0 Å². The van der Waals surface area contributed by atoms with Gasteiger partial charge in [-0.25, -0.2) is 18.7 Å². The summed E-state index contributed by atoms with van der Waals surface area (Å²) in [6.07, 6.45) is -2.91. The molecule has 7 nitrogen and oxygen atoms in total. The van der Waals surface area contributed by atoms with Crippen molar-refractivity contribution in [3.63, 3.8) is 0 Å². The number of piperidine rings is 1. The highest BCUT2D eigenvalue weighted by molar-refractivity contribution is 5.99. The Hall–Kier alpha value is -3.96. The molecule has 3 heterocycles. The first-order valence-electron chi connectivity index (χ1n) is 11.1. The van der Waals surface area contributed by atoms with Gasteiger partial charge in [-0.05, 0) is 42.7 Å². The van der Waals surface area contributed by atoms with Gasteiger partial charge in [0.05, 0.1) is 11.1 Å². The molecule has 12 heteroatoms. The summed E-state index contributed by atoms with van der Waals surface area (Å²) in [4.78, 5) is 25.4. The lowest BCUT2D eigenvalue weighted by molar-refractivity contribution is -0.128. The second-order valence-corrected chi connectivity index (χ2v) is 8.50. The van der Waals surface area contributed by atoms with Crippen molar-refractivity contribution in [1.29, 1.82) is 0 Å². The van der Waals surface area contributed by atoms with Crippen LogP contribution in [0.25, 0.3) is 22.0 Å². The van der Waals surface area contributed by atoms with E-state index in [1.165, 1.54) is 30.6 Å². The molecule has 5 rings (SSSR count). The number of hydrogen-bond acceptors (Lipinski definition) is 7. The van der Waals surface area contributed by atoms with Gasteiger partial charge in [-0.1, -0.05) is 11.2 Å². The number of alkyl halides is 3. The number of carbonyl (C=O) groups excluding carboxylic acids is 1. The number of anilines is 1. The second kappa shape index (κ2) is 9.25. The molecule has 1 saturated heterocycles. The maximum Gasteiger partial charge on any atom is 0.396 e. The number of rotatable bonds is 5. The Morgan fingerprint density at radius 2 is 1.86 bits per heavy atom. The van der Waals surface area contributed by atoms with Crippen LogP contribution in [0.3, 0.4) is 0 Å². The minimum Gasteiger partial charge on any atom is -0.356 e. The van der Waals surface area contributed by atoms with E-state index in [4.69, 9.17) is 4.52 Å². The maximum absolute atomic E-state index is 14.6. The largest absolute Gasteiger partial charge is 0.396 e. The SMILES string of the molecule is O=Cc1ccc(-c2cc(F)cc3c(N4CCC(c5nc(CC(F)(F)F)no5)CC4)ncnc23)cc1F. The molecule has 0 aliphatic carbocycles. The van der Waals surface area contributed by atoms with E-state index in [0.717, 1.165) is 6.07 Å². The maximum atomic E-state index is 14.6. The van der Waals surface area contributed by atoms with Gasteiger partial charge in [0.2, 0.25) is 5.89 Å². The lowest BCUT2D eigenvalue weighted by atomic mass is 9.96. The van der Waals surface area contributed by atoms with Crippen molar-refractivity contribution in [2.45, 2.75) is 31.4 Å². The molecule has 0 saturated carbocycles. The Balaban J connectivity index is 1.41. The molecule has 1 fully saturated rings. The summed E-state index contributed by atoms with van der Waals surface area (Å²) >= 11 is 0. The van der Waals surface area contributed by atoms with Crippen molar-refractivity contribution >= 4 is 23.0 Å². The van der Waals surface area contributed by atoms with Crippen LogP contribution in [0.4, 0.5) is 27.8 Å². The first-order valence-corrected chi connectivity index (χ1v) is 11.1. The molecular formula is C24H18F5N5O2. The van der Waals surface area contributed by atoms with Gasteiger partial charge in [0.1, 0.15) is 30.2 Å². The Labute approximate surface area is 201 Å². The number of aromatic nitrogens is 4. The second-order valence-electron chi connectivity index (χ2n) is 8.50. The summed E-state index contributed by atoms with van der Waals surface area (Å²) in [5, 5.41) is 3.86. The smallest absolute Gasteiger partial charge is 0.356 e. The molecule has 0 atom stereocenters. The van der Waals surface area contributed by atoms with E-state index in [9.17, 15) is 26.7 Å². The van der Waals surface area contributed by atoms with Gasteiger partial charge < -0.3 is 9.42 Å². The summed E-state index contributed by atoms with van der Waals surface area (Å²) in [7, 11) is 0. The predicted molar refractivity (Wildman–Crippen MR) is 119 cm³/mol. The molecule has 4 aromatic rings. The van der Waals surface area contributed by atoms with Crippen molar-refractivity contribution < 1.29 is 31.3 Å². The normalized spacial score (nSPS) is 15.0. The number of hydrogen-bond donors (Lipinski definition) is 0. The van der Waals surface area contributed by atoms with Gasteiger partial charge >= 0.3 is 6.18 Å². The van der Waals surface area contributed by atoms with Gasteiger partial charge in [-0.2, -0.15) is 18.2 Å². The Kier molecular flexibility index (Phi) is 6.10. The zero-order valence-corrected chi connectivity index (χ0v) is 18.6. The van der Waals surface area contributed by atoms with Crippen LogP contribution in [0.2, 0.25) is 0 Å². The number of fused-ring (bicyclic) bond motifs is 1. The Bertz CT molecular complexity index is 1430. The third-order valence-corrected chi connectivity index (χ3v) is 6.11. The van der Waals surface area contributed by atoms with Crippen molar-refractivity contribution in [2.24, 2.45) is 0 Å². The van der Waals surface area contributed by atoms with Crippen LogP contribution >= 0.6 is 0 Å². The van der Waals surface area contributed by atoms with Crippen molar-refractivity contribution in [2.75, 3.05) is 18.0 Å². The van der Waals surface area contributed by atoms with Crippen molar-refractivity contribution in [1.82, 2.24) is 20.1 Å². The minimum atomic E-state index is -4.42. The fourth-order valence-corrected chi connectivity index (χ4v) is 4.40. The molecule has 0 radical (unpaired) electrons. The van der Waals surface area contributed by atoms with E-state index in [1.54, 1.807) is 0 Å². The molecular weight excluding hydrogens is 485 g/mol. The molecule has 0 unspecified atom stereocenters. The fraction of sp³-hybridized carbons (Fsp3) is 0.292. The van der Waals surface area contributed by atoms with Crippen LogP contribution in [0, 0.1) is 11.6 Å². The first-order chi connectivity index (χ1) is 17.2. The van der Waals surface area contributed by atoms with Crippen LogP contribution in [-0.2, 0) is 6.42 Å². The molecule has 0 amide bonds. The summed E-state index contributed by atoms with van der Waals surface area (Å²) in [5.74, 6) is -1.26. The Morgan fingerprint density at radius 3 is 2.56 bits per heavy atom. The molecule has 2 aromatic carbocycles. The molecule has 0 bridgehead atoms. The average Bonchev–Trinajstić information content (AvgIpc) is 3.30. The highest BCUT2D eigenvalue weighted by atomic mass is 19.4. The number of aldehydes is 1. The van der Waals surface area contributed by atoms with Gasteiger partial charge in [0, 0.05) is 30.0 Å². The lowest BCUT2D eigenvalue weighted by Gasteiger charge is -2.32. The van der Waals surface area contributed by atoms with Gasteiger partial charge in [0.15, 0.2) is 12.1 Å². The number of nitrogens with zero attached hydrogens (tertiary/aromatic N) is 5. The van der Waals surface area contributed by atoms with E-state index < -0.39 is 30.1 Å². The van der Waals surface area contributed by atoms with Gasteiger partial charge in [-0.3, -0.25) is 4.79 Å². The lowest BCUT2D eigenvalue weighted by Crippen LogP contribution is -2.33. The molecule has 186 valence electrons. The third-order valence-electron chi connectivity index (χ3n) is 6.11. The highest BCUT2D eigenvalue weighted by Gasteiger charge is 2.32. The first kappa shape index (κ1) is 23.8. The summed E-state index contributed by atoms with van der Waals surface area (Å²) in [5.41, 5.74) is 1.01. The van der Waals surface area contributed by atoms with Crippen LogP contribution in [0.1, 0.15) is 40.8 Å². The number of benzene rings is 2. The third kappa shape index (κ3) is 4.75. The Morgan fingerprint density at radius 1 is 1.08 bits per heavy atom. The predicted octanol–water partition coefficient (Wildman–Crippen LogP) is 5.26. The molecule has 0 spiro atoms. The quantitative estimate of drug-likeness (QED) is 0.271. The summed E-state index contributed by atoms with van der Waals surface area (Å²) in [6, 6.07) is 6.54. The molecule has 36 heavy (non-hydrogen) atoms. The highest BCUT2D eigenvalue weighted by Crippen LogP contribution is 2.36. The van der Waals surface area contributed by atoms with Crippen molar-refractivity contribution in [3.8, 4) is 11.1 Å². The number of halogens is 5. The van der Waals surface area contributed by atoms with E-state index in [-0.39, 0.29) is 17.4 Å². The summed E-state index contributed by atoms with van der Waals surface area (Å²) in [6.45, 7) is 0.921. The zero-order valence-electron chi connectivity index (χ0n) is 18.6. The van der Waals surface area contributed by atoms with Crippen LogP contribution in [0.5, 0.6) is 0 Å². The zero-order chi connectivity index (χ0) is 25.4. The summed E-state index contributed by atoms with van der Waals surface area (Å²) < 4.78 is 71.7. The molecule has 2 aromatic heterocycles. The van der Waals surface area contributed by atoms with Crippen LogP contribution in [-0.4, -0.2) is 45.7 Å². The standard InChI is InChI=1S/C24H18F5N5O2/c25-16-8-17(14-1-2-15(11-35)19(26)7-14)21-18(9-16)22(31-12-30-21)34-5-3-13(4-6-34)23-32-20(33-36-23)10-24(27,28)29/h1-2,7-9,11-13H,3-6,10H2.